The summed E-state index contributed by atoms with van der Waals surface area (Å²) >= 11 is 1.62. The first-order chi connectivity index (χ1) is 13.7. The average Bonchev–Trinajstić information content (AvgIpc) is 3.11. The molecule has 156 valence electrons. The minimum absolute atomic E-state index is 0. The lowest BCUT2D eigenvalue weighted by Crippen LogP contribution is -3.00. The van der Waals surface area contributed by atoms with Gasteiger partial charge in [0.25, 0.3) is 0 Å². The molecule has 1 aromatic heterocycles. The number of thioether (sulfide) groups is 1. The van der Waals surface area contributed by atoms with Gasteiger partial charge in [-0.1, -0.05) is 47.7 Å². The van der Waals surface area contributed by atoms with Crippen LogP contribution in [-0.2, 0) is 20.2 Å². The second-order valence-corrected chi connectivity index (χ2v) is 7.44. The molecule has 29 heavy (non-hydrogen) atoms. The summed E-state index contributed by atoms with van der Waals surface area (Å²) in [5.74, 6) is 2.38. The number of halogens is 1. The maximum Gasteiger partial charge on any atom is 0.209 e. The Kier molecular flexibility index (Phi) is 9.24. The summed E-state index contributed by atoms with van der Waals surface area (Å²) in [5, 5.41) is 15.6. The van der Waals surface area contributed by atoms with E-state index in [4.69, 9.17) is 9.47 Å². The summed E-state index contributed by atoms with van der Waals surface area (Å²) in [7, 11) is 3.50. The zero-order valence-corrected chi connectivity index (χ0v) is 18.3. The van der Waals surface area contributed by atoms with Crippen LogP contribution >= 0.6 is 11.8 Å². The van der Waals surface area contributed by atoms with Gasteiger partial charge in [-0.15, -0.1) is 5.10 Å². The quantitative estimate of drug-likeness (QED) is 0.355. The first-order valence-electron chi connectivity index (χ1n) is 9.07. The van der Waals surface area contributed by atoms with Crippen LogP contribution in [0, 0.1) is 6.92 Å². The molecule has 0 saturated carbocycles. The number of aromatic nitrogens is 4. The lowest BCUT2D eigenvalue weighted by atomic mass is 10.1. The SMILES string of the molecule is COc1cc(CNCCSc2nnnn2C)ccc1OCc1cccc(C)c1.[Cl-]. The van der Waals surface area contributed by atoms with E-state index in [1.54, 1.807) is 23.6 Å². The Labute approximate surface area is 181 Å². The van der Waals surface area contributed by atoms with Crippen molar-refractivity contribution in [2.24, 2.45) is 7.05 Å². The summed E-state index contributed by atoms with van der Waals surface area (Å²) in [6, 6.07) is 14.3. The molecule has 0 unspecified atom stereocenters. The Morgan fingerprint density at radius 1 is 1.10 bits per heavy atom. The van der Waals surface area contributed by atoms with Crippen LogP contribution in [0.1, 0.15) is 16.7 Å². The van der Waals surface area contributed by atoms with Crippen molar-refractivity contribution in [2.75, 3.05) is 19.4 Å². The average molecular weight is 435 g/mol. The molecule has 0 aliphatic rings. The van der Waals surface area contributed by atoms with E-state index in [2.05, 4.69) is 52.0 Å². The Balaban J connectivity index is 0.00000300. The van der Waals surface area contributed by atoms with Crippen LogP contribution in [0.5, 0.6) is 11.5 Å². The number of hydrogen-bond acceptors (Lipinski definition) is 7. The zero-order chi connectivity index (χ0) is 19.8. The van der Waals surface area contributed by atoms with Gasteiger partial charge in [0, 0.05) is 25.9 Å². The summed E-state index contributed by atoms with van der Waals surface area (Å²) < 4.78 is 13.1. The number of hydrogen-bond donors (Lipinski definition) is 1. The van der Waals surface area contributed by atoms with Crippen molar-refractivity contribution >= 4 is 11.8 Å². The zero-order valence-electron chi connectivity index (χ0n) is 16.8. The molecule has 0 amide bonds. The van der Waals surface area contributed by atoms with Crippen molar-refractivity contribution < 1.29 is 21.9 Å². The standard InChI is InChI=1S/C20H25N5O2S.ClH/c1-15-5-4-6-17(11-15)14-27-18-8-7-16(12-19(18)26-3)13-21-9-10-28-20-22-23-24-25(20)2;/h4-8,11-12,21H,9-10,13-14H2,1-3H3;1H/p-1. The predicted octanol–water partition coefficient (Wildman–Crippen LogP) is -0.00798. The fraction of sp³-hybridized carbons (Fsp3) is 0.350. The molecule has 0 saturated heterocycles. The summed E-state index contributed by atoms with van der Waals surface area (Å²) in [6.45, 7) is 4.20. The van der Waals surface area contributed by atoms with E-state index in [0.717, 1.165) is 46.6 Å². The molecule has 7 nitrogen and oxygen atoms in total. The van der Waals surface area contributed by atoms with Crippen LogP contribution in [0.2, 0.25) is 0 Å². The number of benzene rings is 2. The van der Waals surface area contributed by atoms with E-state index < -0.39 is 0 Å². The van der Waals surface area contributed by atoms with Crippen molar-refractivity contribution in [3.8, 4) is 11.5 Å². The Bertz CT molecular complexity index is 906. The minimum atomic E-state index is 0. The van der Waals surface area contributed by atoms with Crippen molar-refractivity contribution in [2.45, 2.75) is 25.2 Å². The molecule has 0 aliphatic carbocycles. The number of ether oxygens (including phenoxy) is 2. The molecule has 9 heteroatoms. The Morgan fingerprint density at radius 3 is 2.69 bits per heavy atom. The summed E-state index contributed by atoms with van der Waals surface area (Å²) in [5.41, 5.74) is 3.51. The van der Waals surface area contributed by atoms with Gasteiger partial charge in [0.05, 0.1) is 7.11 Å². The van der Waals surface area contributed by atoms with Crippen LogP contribution in [0.3, 0.4) is 0 Å². The molecule has 0 radical (unpaired) electrons. The lowest BCUT2D eigenvalue weighted by Gasteiger charge is -2.13. The highest BCUT2D eigenvalue weighted by atomic mass is 35.5. The summed E-state index contributed by atoms with van der Waals surface area (Å²) in [6.07, 6.45) is 0. The first kappa shape index (κ1) is 23.0. The number of tetrazole rings is 1. The van der Waals surface area contributed by atoms with Crippen LogP contribution in [-0.4, -0.2) is 39.6 Å². The van der Waals surface area contributed by atoms with Gasteiger partial charge in [-0.2, -0.15) is 0 Å². The number of nitrogens with zero attached hydrogens (tertiary/aromatic N) is 4. The van der Waals surface area contributed by atoms with Crippen molar-refractivity contribution in [3.63, 3.8) is 0 Å². The smallest absolute Gasteiger partial charge is 0.209 e. The maximum absolute atomic E-state index is 5.95. The molecule has 0 fully saturated rings. The third kappa shape index (κ3) is 6.92. The largest absolute Gasteiger partial charge is 1.00 e. The molecule has 1 heterocycles. The molecule has 0 bridgehead atoms. The van der Waals surface area contributed by atoms with Crippen molar-refractivity contribution in [1.29, 1.82) is 0 Å². The van der Waals surface area contributed by atoms with Crippen molar-refractivity contribution in [1.82, 2.24) is 25.5 Å². The lowest BCUT2D eigenvalue weighted by molar-refractivity contribution is -0.00000658. The van der Waals surface area contributed by atoms with E-state index in [0.29, 0.717) is 6.61 Å². The number of methoxy groups -OCH3 is 1. The number of rotatable bonds is 10. The molecule has 0 spiro atoms. The monoisotopic (exact) mass is 434 g/mol. The van der Waals surface area contributed by atoms with Crippen LogP contribution in [0.25, 0.3) is 0 Å². The van der Waals surface area contributed by atoms with E-state index in [-0.39, 0.29) is 12.4 Å². The predicted molar refractivity (Wildman–Crippen MR) is 110 cm³/mol. The van der Waals surface area contributed by atoms with E-state index in [1.165, 1.54) is 5.56 Å². The van der Waals surface area contributed by atoms with E-state index in [1.807, 2.05) is 25.2 Å². The molecule has 3 aromatic rings. The fourth-order valence-electron chi connectivity index (χ4n) is 2.69. The molecular weight excluding hydrogens is 410 g/mol. The third-order valence-corrected chi connectivity index (χ3v) is 5.14. The molecule has 1 N–H and O–H groups in total. The van der Waals surface area contributed by atoms with Gasteiger partial charge in [-0.3, -0.25) is 0 Å². The van der Waals surface area contributed by atoms with Crippen LogP contribution in [0.15, 0.2) is 47.6 Å². The fourth-order valence-corrected chi connectivity index (χ4v) is 3.44. The highest BCUT2D eigenvalue weighted by Gasteiger charge is 2.07. The van der Waals surface area contributed by atoms with Crippen molar-refractivity contribution in [3.05, 3.63) is 59.2 Å². The number of nitrogens with one attached hydrogen (secondary N) is 1. The normalized spacial score (nSPS) is 10.4. The molecule has 0 aliphatic heterocycles. The topological polar surface area (TPSA) is 74.1 Å². The highest BCUT2D eigenvalue weighted by Crippen LogP contribution is 2.29. The molecule has 2 aromatic carbocycles. The first-order valence-corrected chi connectivity index (χ1v) is 10.1. The minimum Gasteiger partial charge on any atom is -1.00 e. The second kappa shape index (κ2) is 11.6. The van der Waals surface area contributed by atoms with Gasteiger partial charge in [-0.25, -0.2) is 4.68 Å². The van der Waals surface area contributed by atoms with E-state index in [9.17, 15) is 0 Å². The Morgan fingerprint density at radius 2 is 1.97 bits per heavy atom. The van der Waals surface area contributed by atoms with Gasteiger partial charge in [-0.05, 0) is 40.6 Å². The van der Waals surface area contributed by atoms with Gasteiger partial charge in [0.15, 0.2) is 11.5 Å². The highest BCUT2D eigenvalue weighted by molar-refractivity contribution is 7.99. The number of aryl methyl sites for hydroxylation is 2. The Hall–Kier alpha value is -2.29. The molecule has 3 rings (SSSR count). The van der Waals surface area contributed by atoms with E-state index >= 15 is 0 Å². The van der Waals surface area contributed by atoms with Gasteiger partial charge in [0.1, 0.15) is 6.61 Å². The molecular formula is C20H25ClN5O2S-. The van der Waals surface area contributed by atoms with Gasteiger partial charge >= 0.3 is 0 Å². The van der Waals surface area contributed by atoms with Gasteiger partial charge in [0.2, 0.25) is 5.16 Å². The maximum atomic E-state index is 5.95. The second-order valence-electron chi connectivity index (χ2n) is 6.37. The van der Waals surface area contributed by atoms with Crippen LogP contribution < -0.4 is 27.2 Å². The van der Waals surface area contributed by atoms with Crippen LogP contribution in [0.4, 0.5) is 0 Å². The molecule has 0 atom stereocenters. The third-order valence-electron chi connectivity index (χ3n) is 4.13. The van der Waals surface area contributed by atoms with Gasteiger partial charge < -0.3 is 27.2 Å². The summed E-state index contributed by atoms with van der Waals surface area (Å²) in [4.78, 5) is 0.